The minimum Gasteiger partial charge on any atom is -0.497 e. The van der Waals surface area contributed by atoms with Crippen molar-refractivity contribution in [1.29, 1.82) is 5.26 Å². The smallest absolute Gasteiger partial charge is 0.257 e. The lowest BCUT2D eigenvalue weighted by Crippen LogP contribution is -2.14. The highest BCUT2D eigenvalue weighted by molar-refractivity contribution is 9.10. The van der Waals surface area contributed by atoms with E-state index in [-0.39, 0.29) is 5.91 Å². The molecule has 2 aromatic rings. The van der Waals surface area contributed by atoms with E-state index in [9.17, 15) is 4.79 Å². The molecule has 0 spiro atoms. The van der Waals surface area contributed by atoms with Crippen LogP contribution < -0.4 is 15.8 Å². The van der Waals surface area contributed by atoms with Crippen LogP contribution in [0.3, 0.4) is 0 Å². The topological polar surface area (TPSA) is 88.1 Å². The molecule has 0 aliphatic heterocycles. The molecule has 3 N–H and O–H groups in total. The first kappa shape index (κ1) is 14.9. The van der Waals surface area contributed by atoms with Gasteiger partial charge in [-0.05, 0) is 52.3 Å². The quantitative estimate of drug-likeness (QED) is 0.836. The summed E-state index contributed by atoms with van der Waals surface area (Å²) >= 11 is 3.31. The van der Waals surface area contributed by atoms with Crippen molar-refractivity contribution in [2.75, 3.05) is 18.2 Å². The van der Waals surface area contributed by atoms with Crippen molar-refractivity contribution in [3.63, 3.8) is 0 Å². The Labute approximate surface area is 130 Å². The summed E-state index contributed by atoms with van der Waals surface area (Å²) in [5, 5.41) is 11.6. The lowest BCUT2D eigenvalue weighted by molar-refractivity contribution is 0.102. The average Bonchev–Trinajstić information content (AvgIpc) is 2.49. The predicted molar refractivity (Wildman–Crippen MR) is 84.2 cm³/mol. The van der Waals surface area contributed by atoms with E-state index in [0.717, 1.165) is 0 Å². The largest absolute Gasteiger partial charge is 0.497 e. The normalized spacial score (nSPS) is 9.76. The van der Waals surface area contributed by atoms with Gasteiger partial charge in [-0.1, -0.05) is 0 Å². The second kappa shape index (κ2) is 6.29. The second-order valence-electron chi connectivity index (χ2n) is 4.21. The average molecular weight is 346 g/mol. The highest BCUT2D eigenvalue weighted by Gasteiger charge is 2.13. The summed E-state index contributed by atoms with van der Waals surface area (Å²) in [6.07, 6.45) is 0. The number of rotatable bonds is 3. The van der Waals surface area contributed by atoms with Crippen LogP contribution in [-0.2, 0) is 0 Å². The zero-order valence-corrected chi connectivity index (χ0v) is 12.8. The highest BCUT2D eigenvalue weighted by Crippen LogP contribution is 2.26. The van der Waals surface area contributed by atoms with Crippen molar-refractivity contribution in [3.8, 4) is 11.8 Å². The number of amides is 1. The Kier molecular flexibility index (Phi) is 4.45. The fraction of sp³-hybridized carbons (Fsp3) is 0.0667. The Hall–Kier alpha value is -2.52. The first-order valence-electron chi connectivity index (χ1n) is 5.99. The number of benzene rings is 2. The van der Waals surface area contributed by atoms with Crippen LogP contribution in [0, 0.1) is 11.3 Å². The van der Waals surface area contributed by atoms with E-state index in [1.54, 1.807) is 36.4 Å². The number of anilines is 2. The van der Waals surface area contributed by atoms with E-state index in [1.165, 1.54) is 7.11 Å². The van der Waals surface area contributed by atoms with E-state index < -0.39 is 0 Å². The molecule has 0 radical (unpaired) electrons. The first-order valence-corrected chi connectivity index (χ1v) is 6.79. The number of carbonyl (C=O) groups excluding carboxylic acids is 1. The van der Waals surface area contributed by atoms with Gasteiger partial charge in [-0.15, -0.1) is 0 Å². The molecule has 0 bridgehead atoms. The summed E-state index contributed by atoms with van der Waals surface area (Å²) in [6.45, 7) is 0. The molecule has 2 rings (SSSR count). The maximum atomic E-state index is 12.3. The van der Waals surface area contributed by atoms with Crippen molar-refractivity contribution in [1.82, 2.24) is 0 Å². The maximum absolute atomic E-state index is 12.3. The van der Waals surface area contributed by atoms with Crippen molar-refractivity contribution in [2.45, 2.75) is 0 Å². The molecule has 5 nitrogen and oxygen atoms in total. The Bertz CT molecular complexity index is 738. The van der Waals surface area contributed by atoms with Crippen LogP contribution in [0.15, 0.2) is 40.9 Å². The number of nitrogens with zero attached hydrogens (tertiary/aromatic N) is 1. The Balaban J connectivity index is 2.28. The van der Waals surface area contributed by atoms with E-state index in [4.69, 9.17) is 15.7 Å². The fourth-order valence-electron chi connectivity index (χ4n) is 1.73. The minimum absolute atomic E-state index is 0.325. The molecule has 0 atom stereocenters. The van der Waals surface area contributed by atoms with Crippen LogP contribution in [-0.4, -0.2) is 13.0 Å². The van der Waals surface area contributed by atoms with Crippen LogP contribution in [0.2, 0.25) is 0 Å². The maximum Gasteiger partial charge on any atom is 0.257 e. The molecule has 0 unspecified atom stereocenters. The number of hydrogen-bond acceptors (Lipinski definition) is 4. The molecule has 0 aliphatic rings. The number of nitriles is 1. The van der Waals surface area contributed by atoms with Gasteiger partial charge in [0.1, 0.15) is 5.75 Å². The number of methoxy groups -OCH3 is 1. The molecule has 6 heteroatoms. The molecule has 0 aromatic heterocycles. The third-order valence-electron chi connectivity index (χ3n) is 2.85. The molecule has 0 fully saturated rings. The SMILES string of the molecule is COc1ccc(N)c(C(=O)Nc2ccc(C#N)cc2Br)c1. The molecule has 0 heterocycles. The second-order valence-corrected chi connectivity index (χ2v) is 5.07. The molecule has 21 heavy (non-hydrogen) atoms. The van der Waals surface area contributed by atoms with Crippen LogP contribution in [0.25, 0.3) is 0 Å². The number of nitrogens with one attached hydrogen (secondary N) is 1. The summed E-state index contributed by atoms with van der Waals surface area (Å²) < 4.78 is 5.71. The number of nitrogens with two attached hydrogens (primary N) is 1. The molecule has 0 saturated carbocycles. The monoisotopic (exact) mass is 345 g/mol. The van der Waals surface area contributed by atoms with E-state index >= 15 is 0 Å². The van der Waals surface area contributed by atoms with Crippen molar-refractivity contribution in [3.05, 3.63) is 52.0 Å². The number of nitrogen functional groups attached to an aromatic ring is 1. The predicted octanol–water partition coefficient (Wildman–Crippen LogP) is 3.16. The van der Waals surface area contributed by atoms with Gasteiger partial charge < -0.3 is 15.8 Å². The third kappa shape index (κ3) is 3.33. The van der Waals surface area contributed by atoms with Gasteiger partial charge in [0, 0.05) is 10.2 Å². The lowest BCUT2D eigenvalue weighted by Gasteiger charge is -2.10. The zero-order valence-electron chi connectivity index (χ0n) is 11.2. The molecule has 2 aromatic carbocycles. The van der Waals surface area contributed by atoms with Crippen LogP contribution in [0.1, 0.15) is 15.9 Å². The van der Waals surface area contributed by atoms with E-state index in [1.807, 2.05) is 6.07 Å². The molecule has 1 amide bonds. The van der Waals surface area contributed by atoms with Gasteiger partial charge in [-0.3, -0.25) is 4.79 Å². The molecule has 106 valence electrons. The van der Waals surface area contributed by atoms with Crippen molar-refractivity contribution in [2.24, 2.45) is 0 Å². The highest BCUT2D eigenvalue weighted by atomic mass is 79.9. The Morgan fingerprint density at radius 2 is 2.10 bits per heavy atom. The van der Waals surface area contributed by atoms with E-state index in [0.29, 0.717) is 32.7 Å². The van der Waals surface area contributed by atoms with Gasteiger partial charge in [-0.25, -0.2) is 0 Å². The molecule has 0 aliphatic carbocycles. The number of halogens is 1. The van der Waals surface area contributed by atoms with Crippen LogP contribution in [0.5, 0.6) is 5.75 Å². The van der Waals surface area contributed by atoms with Gasteiger partial charge in [0.05, 0.1) is 30.0 Å². The van der Waals surface area contributed by atoms with Crippen LogP contribution in [0.4, 0.5) is 11.4 Å². The van der Waals surface area contributed by atoms with Crippen LogP contribution >= 0.6 is 15.9 Å². The number of carbonyl (C=O) groups is 1. The van der Waals surface area contributed by atoms with Crippen molar-refractivity contribution >= 4 is 33.2 Å². The molecular weight excluding hydrogens is 334 g/mol. The number of hydrogen-bond donors (Lipinski definition) is 2. The standard InChI is InChI=1S/C15H12BrN3O2/c1-21-10-3-4-13(18)11(7-10)15(20)19-14-5-2-9(8-17)6-12(14)16/h2-7H,18H2,1H3,(H,19,20). The van der Waals surface area contributed by atoms with E-state index in [2.05, 4.69) is 21.2 Å². The summed E-state index contributed by atoms with van der Waals surface area (Å²) in [5.74, 6) is 0.199. The number of ether oxygens (including phenoxy) is 1. The van der Waals surface area contributed by atoms with Gasteiger partial charge in [0.25, 0.3) is 5.91 Å². The lowest BCUT2D eigenvalue weighted by atomic mass is 10.1. The molecular formula is C15H12BrN3O2. The minimum atomic E-state index is -0.350. The Morgan fingerprint density at radius 1 is 1.33 bits per heavy atom. The van der Waals surface area contributed by atoms with Gasteiger partial charge in [0.2, 0.25) is 0 Å². The summed E-state index contributed by atoms with van der Waals surface area (Å²) in [4.78, 5) is 12.3. The first-order chi connectivity index (χ1) is 10.0. The van der Waals surface area contributed by atoms with Gasteiger partial charge in [-0.2, -0.15) is 5.26 Å². The zero-order chi connectivity index (χ0) is 15.4. The summed E-state index contributed by atoms with van der Waals surface area (Å²) in [6, 6.07) is 11.8. The van der Waals surface area contributed by atoms with Gasteiger partial charge in [0.15, 0.2) is 0 Å². The molecule has 0 saturated heterocycles. The van der Waals surface area contributed by atoms with Gasteiger partial charge >= 0.3 is 0 Å². The third-order valence-corrected chi connectivity index (χ3v) is 3.51. The fourth-order valence-corrected chi connectivity index (χ4v) is 2.21. The Morgan fingerprint density at radius 3 is 2.71 bits per heavy atom. The van der Waals surface area contributed by atoms with Crippen molar-refractivity contribution < 1.29 is 9.53 Å². The summed E-state index contributed by atoms with van der Waals surface area (Å²) in [5.41, 5.74) is 7.55. The summed E-state index contributed by atoms with van der Waals surface area (Å²) in [7, 11) is 1.52.